The first-order valence-electron chi connectivity index (χ1n) is 5.88. The van der Waals surface area contributed by atoms with Crippen LogP contribution in [0.4, 0.5) is 5.82 Å². The summed E-state index contributed by atoms with van der Waals surface area (Å²) in [4.78, 5) is 3.39. The number of nitrogens with one attached hydrogen (secondary N) is 1. The van der Waals surface area contributed by atoms with Crippen molar-refractivity contribution in [3.05, 3.63) is 35.0 Å². The van der Waals surface area contributed by atoms with E-state index in [9.17, 15) is 0 Å². The van der Waals surface area contributed by atoms with Crippen molar-refractivity contribution >= 4 is 16.7 Å². The Bertz CT molecular complexity index is 737. The summed E-state index contributed by atoms with van der Waals surface area (Å²) >= 11 is 0. The van der Waals surface area contributed by atoms with E-state index in [1.165, 1.54) is 16.5 Å². The fourth-order valence-corrected chi connectivity index (χ4v) is 2.56. The number of aryl methyl sites for hydroxylation is 3. The molecular weight excluding hydrogens is 226 g/mol. The third-order valence-electron chi connectivity index (χ3n) is 3.20. The van der Waals surface area contributed by atoms with Crippen molar-refractivity contribution in [2.45, 2.75) is 20.8 Å². The Hall–Kier alpha value is -2.23. The van der Waals surface area contributed by atoms with Crippen LogP contribution in [-0.2, 0) is 0 Å². The molecule has 0 amide bonds. The summed E-state index contributed by atoms with van der Waals surface area (Å²) in [6.45, 7) is 6.23. The number of fused-ring (bicyclic) bond motifs is 1. The molecule has 0 saturated heterocycles. The molecule has 0 saturated carbocycles. The SMILES string of the molecule is Cc1cc(C)c2c(-c3cc(N)no3)c(C)[nH]c2c1. The summed E-state index contributed by atoms with van der Waals surface area (Å²) in [5.74, 6) is 1.12. The van der Waals surface area contributed by atoms with Gasteiger partial charge in [0.2, 0.25) is 0 Å². The molecule has 3 aromatic rings. The Balaban J connectivity index is 2.38. The van der Waals surface area contributed by atoms with Gasteiger partial charge in [0.15, 0.2) is 11.6 Å². The Labute approximate surface area is 105 Å². The highest BCUT2D eigenvalue weighted by atomic mass is 16.5. The van der Waals surface area contributed by atoms with E-state index in [0.717, 1.165) is 16.8 Å². The summed E-state index contributed by atoms with van der Waals surface area (Å²) in [6.07, 6.45) is 0. The lowest BCUT2D eigenvalue weighted by Crippen LogP contribution is -1.82. The second-order valence-corrected chi connectivity index (χ2v) is 4.75. The molecule has 3 rings (SSSR count). The minimum absolute atomic E-state index is 0.406. The van der Waals surface area contributed by atoms with Gasteiger partial charge in [0.1, 0.15) is 0 Å². The van der Waals surface area contributed by atoms with E-state index in [1.54, 1.807) is 6.07 Å². The third kappa shape index (κ3) is 1.49. The predicted octanol–water partition coefficient (Wildman–Crippen LogP) is 3.33. The highest BCUT2D eigenvalue weighted by molar-refractivity contribution is 5.99. The minimum atomic E-state index is 0.406. The van der Waals surface area contributed by atoms with Crippen LogP contribution < -0.4 is 5.73 Å². The quantitative estimate of drug-likeness (QED) is 0.686. The monoisotopic (exact) mass is 241 g/mol. The Morgan fingerprint density at radius 3 is 2.61 bits per heavy atom. The molecule has 1 aromatic carbocycles. The van der Waals surface area contributed by atoms with Crippen molar-refractivity contribution in [1.29, 1.82) is 0 Å². The first-order valence-corrected chi connectivity index (χ1v) is 5.88. The molecular formula is C14H15N3O. The summed E-state index contributed by atoms with van der Waals surface area (Å²) in [5.41, 5.74) is 11.3. The zero-order valence-corrected chi connectivity index (χ0v) is 10.7. The van der Waals surface area contributed by atoms with Gasteiger partial charge in [0.05, 0.1) is 0 Å². The van der Waals surface area contributed by atoms with Gasteiger partial charge in [-0.3, -0.25) is 0 Å². The van der Waals surface area contributed by atoms with Gasteiger partial charge in [-0.2, -0.15) is 0 Å². The largest absolute Gasteiger partial charge is 0.381 e. The smallest absolute Gasteiger partial charge is 0.171 e. The van der Waals surface area contributed by atoms with Crippen LogP contribution in [-0.4, -0.2) is 10.1 Å². The molecule has 4 heteroatoms. The summed E-state index contributed by atoms with van der Waals surface area (Å²) < 4.78 is 5.29. The van der Waals surface area contributed by atoms with Crippen LogP contribution >= 0.6 is 0 Å². The molecule has 92 valence electrons. The minimum Gasteiger partial charge on any atom is -0.381 e. The molecule has 0 unspecified atom stereocenters. The lowest BCUT2D eigenvalue weighted by Gasteiger charge is -2.01. The number of nitrogens with zero attached hydrogens (tertiary/aromatic N) is 1. The van der Waals surface area contributed by atoms with Gasteiger partial charge < -0.3 is 15.2 Å². The van der Waals surface area contributed by atoms with Gasteiger partial charge >= 0.3 is 0 Å². The summed E-state index contributed by atoms with van der Waals surface area (Å²) in [5, 5.41) is 4.93. The predicted molar refractivity (Wildman–Crippen MR) is 72.4 cm³/mol. The van der Waals surface area contributed by atoms with E-state index in [4.69, 9.17) is 10.3 Å². The van der Waals surface area contributed by atoms with Gasteiger partial charge in [-0.05, 0) is 38.0 Å². The topological polar surface area (TPSA) is 67.8 Å². The van der Waals surface area contributed by atoms with Crippen molar-refractivity contribution in [3.8, 4) is 11.3 Å². The van der Waals surface area contributed by atoms with Crippen LogP contribution in [0.25, 0.3) is 22.2 Å². The van der Waals surface area contributed by atoms with Crippen LogP contribution in [0.1, 0.15) is 16.8 Å². The zero-order chi connectivity index (χ0) is 12.9. The summed E-state index contributed by atoms with van der Waals surface area (Å²) in [7, 11) is 0. The first kappa shape index (κ1) is 10.9. The van der Waals surface area contributed by atoms with Crippen molar-refractivity contribution in [1.82, 2.24) is 10.1 Å². The van der Waals surface area contributed by atoms with E-state index in [2.05, 4.69) is 36.1 Å². The van der Waals surface area contributed by atoms with Gasteiger partial charge in [-0.1, -0.05) is 11.2 Å². The number of aromatic amines is 1. The Morgan fingerprint density at radius 1 is 1.17 bits per heavy atom. The number of hydrogen-bond acceptors (Lipinski definition) is 3. The lowest BCUT2D eigenvalue weighted by atomic mass is 10.0. The fourth-order valence-electron chi connectivity index (χ4n) is 2.56. The molecule has 4 nitrogen and oxygen atoms in total. The van der Waals surface area contributed by atoms with Crippen LogP contribution in [0.2, 0.25) is 0 Å². The third-order valence-corrected chi connectivity index (χ3v) is 3.20. The molecule has 0 aliphatic rings. The highest BCUT2D eigenvalue weighted by Gasteiger charge is 2.16. The van der Waals surface area contributed by atoms with Crippen LogP contribution in [0.15, 0.2) is 22.7 Å². The van der Waals surface area contributed by atoms with E-state index in [-0.39, 0.29) is 0 Å². The maximum atomic E-state index is 5.63. The zero-order valence-electron chi connectivity index (χ0n) is 10.7. The molecule has 2 heterocycles. The second kappa shape index (κ2) is 3.63. The van der Waals surface area contributed by atoms with Gasteiger partial charge in [-0.25, -0.2) is 0 Å². The van der Waals surface area contributed by atoms with E-state index in [1.807, 2.05) is 6.92 Å². The second-order valence-electron chi connectivity index (χ2n) is 4.75. The number of nitrogen functional groups attached to an aromatic ring is 1. The fraction of sp³-hybridized carbons (Fsp3) is 0.214. The Morgan fingerprint density at radius 2 is 1.94 bits per heavy atom. The number of benzene rings is 1. The molecule has 2 aromatic heterocycles. The maximum absolute atomic E-state index is 5.63. The number of H-pyrrole nitrogens is 1. The average molecular weight is 241 g/mol. The average Bonchev–Trinajstić information content (AvgIpc) is 2.81. The molecule has 0 spiro atoms. The molecule has 0 fully saturated rings. The number of aromatic nitrogens is 2. The van der Waals surface area contributed by atoms with Gasteiger partial charge in [0.25, 0.3) is 0 Å². The van der Waals surface area contributed by atoms with Crippen molar-refractivity contribution < 1.29 is 4.52 Å². The number of rotatable bonds is 1. The van der Waals surface area contributed by atoms with Gasteiger partial charge in [0, 0.05) is 28.2 Å². The standard InChI is InChI=1S/C14H15N3O/c1-7-4-8(2)13-10(5-7)16-9(3)14(13)11-6-12(15)17-18-11/h4-6,16H,1-3H3,(H2,15,17). The van der Waals surface area contributed by atoms with Crippen molar-refractivity contribution in [3.63, 3.8) is 0 Å². The normalized spacial score (nSPS) is 11.3. The van der Waals surface area contributed by atoms with E-state index >= 15 is 0 Å². The maximum Gasteiger partial charge on any atom is 0.171 e. The number of anilines is 1. The number of hydrogen-bond donors (Lipinski definition) is 2. The summed E-state index contributed by atoms with van der Waals surface area (Å²) in [6, 6.07) is 6.06. The highest BCUT2D eigenvalue weighted by Crippen LogP contribution is 2.35. The first-order chi connectivity index (χ1) is 8.56. The van der Waals surface area contributed by atoms with Crippen molar-refractivity contribution in [2.24, 2.45) is 0 Å². The van der Waals surface area contributed by atoms with Crippen molar-refractivity contribution in [2.75, 3.05) is 5.73 Å². The van der Waals surface area contributed by atoms with Crippen LogP contribution in [0, 0.1) is 20.8 Å². The van der Waals surface area contributed by atoms with E-state index in [0.29, 0.717) is 11.6 Å². The molecule has 18 heavy (non-hydrogen) atoms. The molecule has 0 atom stereocenters. The molecule has 0 aliphatic heterocycles. The Kier molecular flexibility index (Phi) is 2.20. The molecule has 0 bridgehead atoms. The van der Waals surface area contributed by atoms with E-state index < -0.39 is 0 Å². The number of nitrogens with two attached hydrogens (primary N) is 1. The molecule has 0 aliphatic carbocycles. The molecule has 3 N–H and O–H groups in total. The van der Waals surface area contributed by atoms with Crippen LogP contribution in [0.5, 0.6) is 0 Å². The lowest BCUT2D eigenvalue weighted by molar-refractivity contribution is 0.436. The van der Waals surface area contributed by atoms with Gasteiger partial charge in [-0.15, -0.1) is 0 Å². The van der Waals surface area contributed by atoms with Crippen LogP contribution in [0.3, 0.4) is 0 Å². The molecule has 0 radical (unpaired) electrons.